The molecule has 0 saturated heterocycles. The Bertz CT molecular complexity index is 1140. The van der Waals surface area contributed by atoms with Gasteiger partial charge in [0.2, 0.25) is 5.95 Å². The molecule has 166 valence electrons. The summed E-state index contributed by atoms with van der Waals surface area (Å²) in [6.45, 7) is 4.77. The van der Waals surface area contributed by atoms with Gasteiger partial charge >= 0.3 is 0 Å². The number of rotatable bonds is 8. The fraction of sp³-hybridized carbons (Fsp3) is 0.333. The second kappa shape index (κ2) is 8.82. The van der Waals surface area contributed by atoms with Gasteiger partial charge in [-0.25, -0.2) is 4.68 Å². The maximum absolute atomic E-state index is 12.2. The van der Waals surface area contributed by atoms with E-state index in [2.05, 4.69) is 34.6 Å². The van der Waals surface area contributed by atoms with Crippen LogP contribution in [0.5, 0.6) is 0 Å². The summed E-state index contributed by atoms with van der Waals surface area (Å²) in [4.78, 5) is 16.9. The minimum absolute atomic E-state index is 0.0838. The molecule has 1 heterocycles. The highest BCUT2D eigenvalue weighted by molar-refractivity contribution is 5.94. The highest BCUT2D eigenvalue weighted by atomic mass is 16.1. The van der Waals surface area contributed by atoms with Crippen LogP contribution in [0.2, 0.25) is 0 Å². The van der Waals surface area contributed by atoms with Crippen molar-refractivity contribution in [1.82, 2.24) is 20.1 Å². The number of hydrogen-bond acceptors (Lipinski definition) is 6. The molecule has 1 amide bonds. The molecule has 1 fully saturated rings. The van der Waals surface area contributed by atoms with Crippen molar-refractivity contribution in [3.05, 3.63) is 53.1 Å². The second-order valence-corrected chi connectivity index (χ2v) is 8.64. The Balaban J connectivity index is 1.56. The summed E-state index contributed by atoms with van der Waals surface area (Å²) in [5.41, 5.74) is 10.9. The quantitative estimate of drug-likeness (QED) is 0.316. The predicted octanol–water partition coefficient (Wildman–Crippen LogP) is 4.07. The number of nitrogens with one attached hydrogen (secondary N) is 3. The number of amides is 1. The Kier molecular flexibility index (Phi) is 5.94. The average Bonchev–Trinajstić information content (AvgIpc) is 3.56. The zero-order valence-electron chi connectivity index (χ0n) is 18.6. The molecule has 8 heteroatoms. The third kappa shape index (κ3) is 4.49. The van der Waals surface area contributed by atoms with Crippen molar-refractivity contribution >= 4 is 29.4 Å². The first kappa shape index (κ1) is 21.5. The zero-order valence-corrected chi connectivity index (χ0v) is 18.6. The smallest absolute Gasteiger partial charge is 0.251 e. The van der Waals surface area contributed by atoms with Gasteiger partial charge in [-0.15, -0.1) is 5.10 Å². The summed E-state index contributed by atoms with van der Waals surface area (Å²) in [5.74, 6) is 1.90. The predicted molar refractivity (Wildman–Crippen MR) is 128 cm³/mol. The molecule has 2 aromatic carbocycles. The summed E-state index contributed by atoms with van der Waals surface area (Å²) in [7, 11) is 1.83. The van der Waals surface area contributed by atoms with Gasteiger partial charge in [0.05, 0.1) is 0 Å². The van der Waals surface area contributed by atoms with E-state index in [9.17, 15) is 4.79 Å². The van der Waals surface area contributed by atoms with E-state index in [4.69, 9.17) is 11.1 Å². The van der Waals surface area contributed by atoms with Crippen LogP contribution in [0.1, 0.15) is 54.1 Å². The van der Waals surface area contributed by atoms with Gasteiger partial charge < -0.3 is 21.8 Å². The van der Waals surface area contributed by atoms with E-state index in [-0.39, 0.29) is 5.91 Å². The third-order valence-corrected chi connectivity index (χ3v) is 5.54. The molecule has 0 atom stereocenters. The van der Waals surface area contributed by atoms with Crippen LogP contribution in [-0.4, -0.2) is 33.4 Å². The number of carbonyl (C=O) groups excluding carboxylic acids is 1. The molecule has 1 aromatic heterocycles. The topological polar surface area (TPSA) is 122 Å². The Morgan fingerprint density at radius 1 is 1.25 bits per heavy atom. The first-order chi connectivity index (χ1) is 15.4. The molecule has 0 aliphatic heterocycles. The van der Waals surface area contributed by atoms with Crippen molar-refractivity contribution in [3.8, 4) is 11.4 Å². The Labute approximate surface area is 187 Å². The molecule has 0 spiro atoms. The van der Waals surface area contributed by atoms with E-state index in [1.54, 1.807) is 16.8 Å². The van der Waals surface area contributed by atoms with E-state index in [1.807, 2.05) is 31.3 Å². The van der Waals surface area contributed by atoms with Crippen LogP contribution in [0, 0.1) is 11.3 Å². The van der Waals surface area contributed by atoms with Gasteiger partial charge in [-0.1, -0.05) is 26.0 Å². The molecule has 0 radical (unpaired) electrons. The molecule has 5 N–H and O–H groups in total. The van der Waals surface area contributed by atoms with Gasteiger partial charge in [-0.3, -0.25) is 4.79 Å². The molecular formula is C24H29N7O. The van der Waals surface area contributed by atoms with E-state index < -0.39 is 0 Å². The molecule has 1 aliphatic rings. The van der Waals surface area contributed by atoms with Gasteiger partial charge in [-0.05, 0) is 54.5 Å². The number of aryl methyl sites for hydroxylation is 1. The standard InChI is InChI=1S/C24H29N7O/c1-14(2)13-27-23(32)17-8-6-16(7-9-17)22-29-24(31(3)30-22)28-20-11-10-19(26)18(12-25)21(20)15-4-5-15/h6-12,14-15,25H,4-5,13,26H2,1-3H3,(H,27,32)(H,28,29,30). The number of anilines is 3. The fourth-order valence-electron chi connectivity index (χ4n) is 3.64. The minimum atomic E-state index is -0.0838. The average molecular weight is 432 g/mol. The van der Waals surface area contributed by atoms with Gasteiger partial charge in [0, 0.05) is 47.9 Å². The number of benzene rings is 2. The number of aromatic nitrogens is 3. The maximum atomic E-state index is 12.2. The lowest BCUT2D eigenvalue weighted by Crippen LogP contribution is -2.27. The van der Waals surface area contributed by atoms with Crippen molar-refractivity contribution in [2.24, 2.45) is 13.0 Å². The van der Waals surface area contributed by atoms with Gasteiger partial charge in [0.15, 0.2) is 5.82 Å². The molecule has 1 aliphatic carbocycles. The molecule has 0 bridgehead atoms. The van der Waals surface area contributed by atoms with Crippen molar-refractivity contribution in [1.29, 1.82) is 5.41 Å². The van der Waals surface area contributed by atoms with E-state index in [0.717, 1.165) is 35.2 Å². The normalized spacial score (nSPS) is 13.2. The Morgan fingerprint density at radius 2 is 1.97 bits per heavy atom. The van der Waals surface area contributed by atoms with Gasteiger partial charge in [0.25, 0.3) is 5.91 Å². The summed E-state index contributed by atoms with van der Waals surface area (Å²) in [6, 6.07) is 11.0. The van der Waals surface area contributed by atoms with Crippen LogP contribution >= 0.6 is 0 Å². The van der Waals surface area contributed by atoms with Crippen molar-refractivity contribution in [2.75, 3.05) is 17.6 Å². The second-order valence-electron chi connectivity index (χ2n) is 8.64. The highest BCUT2D eigenvalue weighted by Crippen LogP contribution is 2.46. The van der Waals surface area contributed by atoms with Crippen LogP contribution in [-0.2, 0) is 7.05 Å². The van der Waals surface area contributed by atoms with Crippen LogP contribution < -0.4 is 16.4 Å². The van der Waals surface area contributed by atoms with Crippen molar-refractivity contribution in [3.63, 3.8) is 0 Å². The molecule has 4 rings (SSSR count). The fourth-order valence-corrected chi connectivity index (χ4v) is 3.64. The number of nitrogens with two attached hydrogens (primary N) is 1. The summed E-state index contributed by atoms with van der Waals surface area (Å²) in [6.07, 6.45) is 3.52. The number of nitrogens with zero attached hydrogens (tertiary/aromatic N) is 3. The Morgan fingerprint density at radius 3 is 2.59 bits per heavy atom. The zero-order chi connectivity index (χ0) is 22.8. The minimum Gasteiger partial charge on any atom is -0.398 e. The molecule has 3 aromatic rings. The van der Waals surface area contributed by atoms with E-state index >= 15 is 0 Å². The van der Waals surface area contributed by atoms with Crippen LogP contribution in [0.15, 0.2) is 36.4 Å². The molecule has 0 unspecified atom stereocenters. The lowest BCUT2D eigenvalue weighted by atomic mass is 10.00. The SMILES string of the molecule is CC(C)CNC(=O)c1ccc(-c2nc(Nc3ccc(N)c(C=N)c3C3CC3)n(C)n2)cc1. The van der Waals surface area contributed by atoms with Crippen LogP contribution in [0.4, 0.5) is 17.3 Å². The summed E-state index contributed by atoms with van der Waals surface area (Å²) in [5, 5.41) is 18.6. The lowest BCUT2D eigenvalue weighted by Gasteiger charge is -2.15. The lowest BCUT2D eigenvalue weighted by molar-refractivity contribution is 0.0949. The number of carbonyl (C=O) groups is 1. The number of nitrogen functional groups attached to an aromatic ring is 1. The van der Waals surface area contributed by atoms with Crippen molar-refractivity contribution < 1.29 is 4.79 Å². The molecule has 8 nitrogen and oxygen atoms in total. The first-order valence-corrected chi connectivity index (χ1v) is 10.9. The van der Waals surface area contributed by atoms with Gasteiger partial charge in [-0.2, -0.15) is 4.98 Å². The largest absolute Gasteiger partial charge is 0.398 e. The van der Waals surface area contributed by atoms with Crippen LogP contribution in [0.3, 0.4) is 0 Å². The van der Waals surface area contributed by atoms with Crippen LogP contribution in [0.25, 0.3) is 11.4 Å². The monoisotopic (exact) mass is 431 g/mol. The Hall–Kier alpha value is -3.68. The first-order valence-electron chi connectivity index (χ1n) is 10.9. The maximum Gasteiger partial charge on any atom is 0.251 e. The van der Waals surface area contributed by atoms with Crippen molar-refractivity contribution in [2.45, 2.75) is 32.6 Å². The highest BCUT2D eigenvalue weighted by Gasteiger charge is 2.29. The molecule has 32 heavy (non-hydrogen) atoms. The molecule has 1 saturated carbocycles. The third-order valence-electron chi connectivity index (χ3n) is 5.54. The van der Waals surface area contributed by atoms with E-state index in [0.29, 0.717) is 41.4 Å². The van der Waals surface area contributed by atoms with E-state index in [1.165, 1.54) is 6.21 Å². The summed E-state index contributed by atoms with van der Waals surface area (Å²) < 4.78 is 1.69. The molecular weight excluding hydrogens is 402 g/mol. The summed E-state index contributed by atoms with van der Waals surface area (Å²) >= 11 is 0. The van der Waals surface area contributed by atoms with Gasteiger partial charge in [0.1, 0.15) is 0 Å². The number of hydrogen-bond donors (Lipinski definition) is 4.